The van der Waals surface area contributed by atoms with Crippen LogP contribution in [-0.2, 0) is 15.8 Å². The van der Waals surface area contributed by atoms with Crippen LogP contribution in [0, 0.1) is 5.82 Å². The molecule has 0 saturated heterocycles. The fraction of sp³-hybridized carbons (Fsp3) is 0.240. The summed E-state index contributed by atoms with van der Waals surface area (Å²) in [6.45, 7) is 6.44. The molecule has 0 bridgehead atoms. The Balaban J connectivity index is 1.91. The molecule has 2 aromatic heterocycles. The lowest BCUT2D eigenvalue weighted by molar-refractivity contribution is -0.0414. The number of hydrogen-bond acceptors (Lipinski definition) is 4. The number of phenolic OH excluding ortho intramolecular Hbond substituents is 1. The number of rotatable bonds is 3. The second-order valence-corrected chi connectivity index (χ2v) is 9.97. The Bertz CT molecular complexity index is 1370. The first-order valence-corrected chi connectivity index (χ1v) is 11.1. The normalized spacial score (nSPS) is 19.8. The van der Waals surface area contributed by atoms with Crippen molar-refractivity contribution in [2.24, 2.45) is 0 Å². The van der Waals surface area contributed by atoms with Crippen molar-refractivity contribution >= 4 is 28.2 Å². The number of aromatic nitrogens is 1. The van der Waals surface area contributed by atoms with Gasteiger partial charge in [-0.2, -0.15) is 0 Å². The summed E-state index contributed by atoms with van der Waals surface area (Å²) in [5, 5.41) is 21.0. The molecule has 7 heteroatoms. The number of ether oxygens (including phenoxy) is 1. The number of fused-ring (bicyclic) bond motifs is 3. The van der Waals surface area contributed by atoms with Crippen LogP contribution in [0.3, 0.4) is 0 Å². The second-order valence-electron chi connectivity index (χ2n) is 8.88. The van der Waals surface area contributed by atoms with Crippen LogP contribution in [0.1, 0.15) is 46.6 Å². The summed E-state index contributed by atoms with van der Waals surface area (Å²) < 4.78 is 22.2. The van der Waals surface area contributed by atoms with Crippen molar-refractivity contribution in [1.29, 1.82) is 0 Å². The molecule has 32 heavy (non-hydrogen) atoms. The van der Waals surface area contributed by atoms with Crippen molar-refractivity contribution in [3.05, 3.63) is 81.4 Å². The van der Waals surface area contributed by atoms with Crippen molar-refractivity contribution < 1.29 is 24.1 Å². The number of carboxylic acid groups (broad SMARTS) is 1. The van der Waals surface area contributed by atoms with Crippen LogP contribution in [0.2, 0.25) is 0 Å². The third-order valence-electron chi connectivity index (χ3n) is 6.18. The maximum Gasteiger partial charge on any atom is 0.345 e. The molecule has 3 heterocycles. The first-order valence-electron chi connectivity index (χ1n) is 10.2. The summed E-state index contributed by atoms with van der Waals surface area (Å²) in [7, 11) is 0. The van der Waals surface area contributed by atoms with Crippen LogP contribution in [0.15, 0.2) is 54.6 Å². The molecule has 0 radical (unpaired) electrons. The van der Waals surface area contributed by atoms with Gasteiger partial charge in [0.25, 0.3) is 0 Å². The number of carboxylic acids is 1. The SMILES string of the molecule is CC1(C)COC(C)(c2ccc(C(=O)O)s2)c2c1n(-c1ccc(F)cc1)c1cccc(O)c21. The van der Waals surface area contributed by atoms with E-state index in [-0.39, 0.29) is 16.4 Å². The van der Waals surface area contributed by atoms with Gasteiger partial charge < -0.3 is 19.5 Å². The quantitative estimate of drug-likeness (QED) is 0.413. The lowest BCUT2D eigenvalue weighted by Crippen LogP contribution is -2.42. The van der Waals surface area contributed by atoms with Gasteiger partial charge in [0.2, 0.25) is 0 Å². The van der Waals surface area contributed by atoms with Crippen LogP contribution in [0.25, 0.3) is 16.6 Å². The highest BCUT2D eigenvalue weighted by Crippen LogP contribution is 2.53. The highest BCUT2D eigenvalue weighted by Gasteiger charge is 2.48. The van der Waals surface area contributed by atoms with Gasteiger partial charge in [-0.15, -0.1) is 11.3 Å². The van der Waals surface area contributed by atoms with E-state index < -0.39 is 17.0 Å². The molecule has 1 aliphatic heterocycles. The average Bonchev–Trinajstić information content (AvgIpc) is 3.38. The molecular formula is C25H22FNO4S. The first kappa shape index (κ1) is 20.7. The van der Waals surface area contributed by atoms with Gasteiger partial charge in [-0.1, -0.05) is 19.9 Å². The lowest BCUT2D eigenvalue weighted by Gasteiger charge is -2.42. The number of aromatic carboxylic acids is 1. The van der Waals surface area contributed by atoms with Gasteiger partial charge in [-0.25, -0.2) is 9.18 Å². The van der Waals surface area contributed by atoms with Gasteiger partial charge in [-0.3, -0.25) is 0 Å². The van der Waals surface area contributed by atoms with Crippen LogP contribution in [0.4, 0.5) is 4.39 Å². The Morgan fingerprint density at radius 2 is 1.81 bits per heavy atom. The lowest BCUT2D eigenvalue weighted by atomic mass is 9.78. The molecule has 4 aromatic rings. The second kappa shape index (κ2) is 6.92. The van der Waals surface area contributed by atoms with Gasteiger partial charge in [0, 0.05) is 32.6 Å². The Morgan fingerprint density at radius 1 is 1.09 bits per heavy atom. The van der Waals surface area contributed by atoms with Gasteiger partial charge in [0.1, 0.15) is 22.0 Å². The van der Waals surface area contributed by atoms with E-state index in [9.17, 15) is 19.4 Å². The van der Waals surface area contributed by atoms with E-state index in [1.165, 1.54) is 23.5 Å². The van der Waals surface area contributed by atoms with E-state index in [4.69, 9.17) is 4.74 Å². The van der Waals surface area contributed by atoms with Crippen LogP contribution >= 0.6 is 11.3 Å². The predicted octanol–water partition coefficient (Wildman–Crippen LogP) is 5.81. The van der Waals surface area contributed by atoms with Gasteiger partial charge in [0.05, 0.1) is 12.1 Å². The van der Waals surface area contributed by atoms with E-state index >= 15 is 0 Å². The Kier molecular flexibility index (Phi) is 4.48. The summed E-state index contributed by atoms with van der Waals surface area (Å²) >= 11 is 1.17. The molecule has 164 valence electrons. The molecule has 5 rings (SSSR count). The molecule has 1 atom stereocenters. The number of aromatic hydroxyl groups is 1. The van der Waals surface area contributed by atoms with Crippen LogP contribution in [-0.4, -0.2) is 27.4 Å². The minimum Gasteiger partial charge on any atom is -0.507 e. The molecule has 1 aliphatic rings. The molecule has 5 nitrogen and oxygen atoms in total. The van der Waals surface area contributed by atoms with Crippen LogP contribution < -0.4 is 0 Å². The summed E-state index contributed by atoms with van der Waals surface area (Å²) in [6, 6.07) is 15.0. The number of phenols is 1. The van der Waals surface area contributed by atoms with Gasteiger partial charge in [0.15, 0.2) is 0 Å². The largest absolute Gasteiger partial charge is 0.507 e. The standard InChI is InChI=1S/C25H22FNO4S/c1-24(2)13-31-25(3,19-12-11-18(32-19)23(29)30)21-20-16(5-4-6-17(20)28)27(22(21)24)15-9-7-14(26)8-10-15/h4-12,28H,13H2,1-3H3,(H,29,30). The molecule has 2 N–H and O–H groups in total. The molecule has 0 saturated carbocycles. The number of halogens is 1. The number of carbonyl (C=O) groups is 1. The third kappa shape index (κ3) is 2.88. The summed E-state index contributed by atoms with van der Waals surface area (Å²) in [5.74, 6) is -1.20. The first-order chi connectivity index (χ1) is 15.1. The smallest absolute Gasteiger partial charge is 0.345 e. The van der Waals surface area contributed by atoms with E-state index in [1.807, 2.05) is 13.0 Å². The van der Waals surface area contributed by atoms with Crippen molar-refractivity contribution in [2.75, 3.05) is 6.61 Å². The van der Waals surface area contributed by atoms with E-state index in [0.29, 0.717) is 12.0 Å². The summed E-state index contributed by atoms with van der Waals surface area (Å²) in [4.78, 5) is 12.5. The van der Waals surface area contributed by atoms with Crippen LogP contribution in [0.5, 0.6) is 5.75 Å². The zero-order valence-electron chi connectivity index (χ0n) is 17.8. The molecule has 0 aliphatic carbocycles. The zero-order valence-corrected chi connectivity index (χ0v) is 18.7. The predicted molar refractivity (Wildman–Crippen MR) is 122 cm³/mol. The molecule has 0 fully saturated rings. The minimum absolute atomic E-state index is 0.113. The van der Waals surface area contributed by atoms with Gasteiger partial charge in [-0.05, 0) is 55.5 Å². The van der Waals surface area contributed by atoms with Gasteiger partial charge >= 0.3 is 5.97 Å². The number of thiophene rings is 1. The van der Waals surface area contributed by atoms with Crippen molar-refractivity contribution in [2.45, 2.75) is 31.8 Å². The summed E-state index contributed by atoms with van der Waals surface area (Å²) in [5.41, 5.74) is 1.90. The van der Waals surface area contributed by atoms with Crippen molar-refractivity contribution in [3.8, 4) is 11.4 Å². The van der Waals surface area contributed by atoms with E-state index in [0.717, 1.165) is 27.3 Å². The highest BCUT2D eigenvalue weighted by atomic mass is 32.1. The summed E-state index contributed by atoms with van der Waals surface area (Å²) in [6.07, 6.45) is 0. The Hall–Kier alpha value is -3.16. The topological polar surface area (TPSA) is 71.7 Å². The maximum atomic E-state index is 13.7. The number of benzene rings is 2. The Morgan fingerprint density at radius 3 is 2.47 bits per heavy atom. The Labute approximate surface area is 188 Å². The molecular weight excluding hydrogens is 429 g/mol. The maximum absolute atomic E-state index is 13.7. The molecule has 1 unspecified atom stereocenters. The number of hydrogen-bond donors (Lipinski definition) is 2. The average molecular weight is 452 g/mol. The number of nitrogens with zero attached hydrogens (tertiary/aromatic N) is 1. The van der Waals surface area contributed by atoms with E-state index in [1.54, 1.807) is 36.4 Å². The van der Waals surface area contributed by atoms with Crippen molar-refractivity contribution in [3.63, 3.8) is 0 Å². The van der Waals surface area contributed by atoms with Crippen molar-refractivity contribution in [1.82, 2.24) is 4.57 Å². The fourth-order valence-corrected chi connectivity index (χ4v) is 5.61. The van der Waals surface area contributed by atoms with E-state index in [2.05, 4.69) is 18.4 Å². The highest BCUT2D eigenvalue weighted by molar-refractivity contribution is 7.14. The molecule has 0 amide bonds. The minimum atomic E-state index is -0.988. The molecule has 0 spiro atoms. The third-order valence-corrected chi connectivity index (χ3v) is 7.46. The fourth-order valence-electron chi connectivity index (χ4n) is 4.65. The zero-order chi connectivity index (χ0) is 22.8. The molecule has 2 aromatic carbocycles. The monoisotopic (exact) mass is 451 g/mol.